The van der Waals surface area contributed by atoms with Crippen LogP contribution in [-0.4, -0.2) is 46.5 Å². The van der Waals surface area contributed by atoms with Gasteiger partial charge in [0, 0.05) is 29.4 Å². The molecule has 168 valence electrons. The number of carbonyl (C=O) groups is 2. The second-order valence-electron chi connectivity index (χ2n) is 9.61. The van der Waals surface area contributed by atoms with Gasteiger partial charge in [0.05, 0.1) is 6.10 Å². The van der Waals surface area contributed by atoms with E-state index in [1.807, 2.05) is 20.8 Å². The predicted molar refractivity (Wildman–Crippen MR) is 117 cm³/mol. The van der Waals surface area contributed by atoms with Crippen molar-refractivity contribution in [1.82, 2.24) is 4.90 Å². The molecule has 1 saturated heterocycles. The molecule has 1 aliphatic rings. The Morgan fingerprint density at radius 2 is 1.67 bits per heavy atom. The van der Waals surface area contributed by atoms with Crippen LogP contribution in [0.2, 0.25) is 5.02 Å². The van der Waals surface area contributed by atoms with E-state index in [4.69, 9.17) is 21.1 Å². The lowest BCUT2D eigenvalue weighted by Crippen LogP contribution is -2.42. The van der Waals surface area contributed by atoms with E-state index in [0.717, 1.165) is 0 Å². The van der Waals surface area contributed by atoms with Crippen LogP contribution >= 0.6 is 11.6 Å². The molecule has 0 radical (unpaired) electrons. The minimum atomic E-state index is -0.838. The van der Waals surface area contributed by atoms with E-state index in [0.29, 0.717) is 42.2 Å². The number of benzene rings is 1. The SMILES string of the molecule is CC(C)(C)OC(=O)Nc1ccc(Cl)cc1C(O)C1CCN(C(=O)OC(C)(C)C)CC1. The maximum absolute atomic E-state index is 12.3. The normalized spacial score (nSPS) is 16.7. The number of hydrogen-bond donors (Lipinski definition) is 2. The smallest absolute Gasteiger partial charge is 0.412 e. The molecule has 7 nitrogen and oxygen atoms in total. The Morgan fingerprint density at radius 1 is 1.10 bits per heavy atom. The summed E-state index contributed by atoms with van der Waals surface area (Å²) >= 11 is 6.14. The number of aliphatic hydroxyl groups is 1. The van der Waals surface area contributed by atoms with Crippen molar-refractivity contribution in [3.8, 4) is 0 Å². The molecular formula is C22H33ClN2O5. The first-order valence-electron chi connectivity index (χ1n) is 10.2. The first-order chi connectivity index (χ1) is 13.7. The Morgan fingerprint density at radius 3 is 2.20 bits per heavy atom. The van der Waals surface area contributed by atoms with Crippen molar-refractivity contribution in [2.75, 3.05) is 18.4 Å². The largest absolute Gasteiger partial charge is 0.444 e. The number of ether oxygens (including phenoxy) is 2. The molecule has 0 bridgehead atoms. The van der Waals surface area contributed by atoms with Gasteiger partial charge >= 0.3 is 12.2 Å². The number of nitrogens with zero attached hydrogens (tertiary/aromatic N) is 1. The molecule has 1 aromatic carbocycles. The maximum Gasteiger partial charge on any atom is 0.412 e. The summed E-state index contributed by atoms with van der Waals surface area (Å²) in [6.45, 7) is 11.8. The zero-order chi connectivity index (χ0) is 22.7. The van der Waals surface area contributed by atoms with E-state index in [1.54, 1.807) is 43.9 Å². The minimum Gasteiger partial charge on any atom is -0.444 e. The quantitative estimate of drug-likeness (QED) is 0.659. The van der Waals surface area contributed by atoms with Gasteiger partial charge in [-0.2, -0.15) is 0 Å². The molecule has 0 aliphatic carbocycles. The lowest BCUT2D eigenvalue weighted by atomic mass is 9.87. The van der Waals surface area contributed by atoms with Crippen LogP contribution in [-0.2, 0) is 9.47 Å². The lowest BCUT2D eigenvalue weighted by Gasteiger charge is -2.35. The number of aliphatic hydroxyl groups excluding tert-OH is 1. The first kappa shape index (κ1) is 24.3. The topological polar surface area (TPSA) is 88.1 Å². The molecular weight excluding hydrogens is 408 g/mol. The van der Waals surface area contributed by atoms with Gasteiger partial charge in [0.15, 0.2) is 0 Å². The summed E-state index contributed by atoms with van der Waals surface area (Å²) < 4.78 is 10.7. The number of nitrogens with one attached hydrogen (secondary N) is 1. The van der Waals surface area contributed by atoms with Crippen LogP contribution in [0.1, 0.15) is 66.1 Å². The summed E-state index contributed by atoms with van der Waals surface area (Å²) in [5.41, 5.74) is -0.194. The van der Waals surface area contributed by atoms with Gasteiger partial charge < -0.3 is 19.5 Å². The highest BCUT2D eigenvalue weighted by atomic mass is 35.5. The van der Waals surface area contributed by atoms with Crippen molar-refractivity contribution in [1.29, 1.82) is 0 Å². The van der Waals surface area contributed by atoms with Gasteiger partial charge in [-0.05, 0) is 78.5 Å². The van der Waals surface area contributed by atoms with Crippen LogP contribution in [0, 0.1) is 5.92 Å². The Hall–Kier alpha value is -1.99. The number of halogens is 1. The Kier molecular flexibility index (Phi) is 7.64. The van der Waals surface area contributed by atoms with E-state index in [-0.39, 0.29) is 12.0 Å². The van der Waals surface area contributed by atoms with Gasteiger partial charge in [0.25, 0.3) is 0 Å². The van der Waals surface area contributed by atoms with Gasteiger partial charge in [0.2, 0.25) is 0 Å². The molecule has 2 N–H and O–H groups in total. The summed E-state index contributed by atoms with van der Waals surface area (Å²) in [5, 5.41) is 14.2. The molecule has 0 saturated carbocycles. The van der Waals surface area contributed by atoms with E-state index >= 15 is 0 Å². The van der Waals surface area contributed by atoms with Gasteiger partial charge in [-0.25, -0.2) is 9.59 Å². The van der Waals surface area contributed by atoms with E-state index in [2.05, 4.69) is 5.32 Å². The van der Waals surface area contributed by atoms with Crippen LogP contribution in [0.25, 0.3) is 0 Å². The number of hydrogen-bond acceptors (Lipinski definition) is 5. The molecule has 0 aromatic heterocycles. The third-order valence-corrected chi connectivity index (χ3v) is 4.84. The van der Waals surface area contributed by atoms with Crippen LogP contribution in [0.15, 0.2) is 18.2 Å². The van der Waals surface area contributed by atoms with Crippen LogP contribution in [0.5, 0.6) is 0 Å². The van der Waals surface area contributed by atoms with Crippen LogP contribution in [0.3, 0.4) is 0 Å². The van der Waals surface area contributed by atoms with Crippen molar-refractivity contribution in [2.24, 2.45) is 5.92 Å². The highest BCUT2D eigenvalue weighted by molar-refractivity contribution is 6.30. The summed E-state index contributed by atoms with van der Waals surface area (Å²) in [4.78, 5) is 26.1. The number of carbonyl (C=O) groups excluding carboxylic acids is 2. The fourth-order valence-corrected chi connectivity index (χ4v) is 3.46. The molecule has 1 atom stereocenters. The van der Waals surface area contributed by atoms with Crippen LogP contribution in [0.4, 0.5) is 15.3 Å². The highest BCUT2D eigenvalue weighted by Crippen LogP contribution is 2.36. The van der Waals surface area contributed by atoms with Crippen molar-refractivity contribution < 1.29 is 24.2 Å². The highest BCUT2D eigenvalue weighted by Gasteiger charge is 2.32. The first-order valence-corrected chi connectivity index (χ1v) is 10.6. The van der Waals surface area contributed by atoms with Crippen molar-refractivity contribution >= 4 is 29.5 Å². The van der Waals surface area contributed by atoms with E-state index in [1.165, 1.54) is 0 Å². The summed E-state index contributed by atoms with van der Waals surface area (Å²) in [6.07, 6.45) is -0.560. The fraction of sp³-hybridized carbons (Fsp3) is 0.636. The monoisotopic (exact) mass is 440 g/mol. The molecule has 0 spiro atoms. The number of anilines is 1. The molecule has 30 heavy (non-hydrogen) atoms. The van der Waals surface area contributed by atoms with Crippen molar-refractivity contribution in [2.45, 2.75) is 71.7 Å². The van der Waals surface area contributed by atoms with Crippen molar-refractivity contribution in [3.63, 3.8) is 0 Å². The zero-order valence-corrected chi connectivity index (χ0v) is 19.4. The summed E-state index contributed by atoms with van der Waals surface area (Å²) in [6, 6.07) is 4.95. The summed E-state index contributed by atoms with van der Waals surface area (Å²) in [5.74, 6) is -0.0821. The second-order valence-corrected chi connectivity index (χ2v) is 10.0. The van der Waals surface area contributed by atoms with Gasteiger partial charge in [-0.3, -0.25) is 5.32 Å². The maximum atomic E-state index is 12.3. The number of piperidine rings is 1. The summed E-state index contributed by atoms with van der Waals surface area (Å²) in [7, 11) is 0. The molecule has 2 rings (SSSR count). The molecule has 1 heterocycles. The zero-order valence-electron chi connectivity index (χ0n) is 18.6. The molecule has 1 aromatic rings. The number of likely N-dealkylation sites (tertiary alicyclic amines) is 1. The molecule has 8 heteroatoms. The average Bonchev–Trinajstić information content (AvgIpc) is 2.59. The average molecular weight is 441 g/mol. The Labute approximate surface area is 183 Å². The van der Waals surface area contributed by atoms with E-state index in [9.17, 15) is 14.7 Å². The van der Waals surface area contributed by atoms with E-state index < -0.39 is 23.4 Å². The standard InChI is InChI=1S/C22H33ClN2O5/c1-21(2,3)29-19(27)24-17-8-7-15(23)13-16(17)18(26)14-9-11-25(12-10-14)20(28)30-22(4,5)6/h7-8,13-14,18,26H,9-12H2,1-6H3,(H,24,27). The molecule has 1 fully saturated rings. The minimum absolute atomic E-state index is 0.0821. The number of amides is 2. The van der Waals surface area contributed by atoms with Gasteiger partial charge in [-0.1, -0.05) is 11.6 Å². The van der Waals surface area contributed by atoms with Gasteiger partial charge in [-0.15, -0.1) is 0 Å². The third kappa shape index (κ3) is 7.36. The number of rotatable bonds is 3. The Bertz CT molecular complexity index is 762. The lowest BCUT2D eigenvalue weighted by molar-refractivity contribution is 0.00769. The Balaban J connectivity index is 2.07. The van der Waals surface area contributed by atoms with Crippen molar-refractivity contribution in [3.05, 3.63) is 28.8 Å². The molecule has 1 aliphatic heterocycles. The molecule has 2 amide bonds. The second kappa shape index (κ2) is 9.43. The fourth-order valence-electron chi connectivity index (χ4n) is 3.28. The molecule has 1 unspecified atom stereocenters. The predicted octanol–water partition coefficient (Wildman–Crippen LogP) is 5.37. The van der Waals surface area contributed by atoms with Gasteiger partial charge in [0.1, 0.15) is 11.2 Å². The van der Waals surface area contributed by atoms with Crippen LogP contribution < -0.4 is 5.32 Å². The third-order valence-electron chi connectivity index (χ3n) is 4.61.